The second-order valence-electron chi connectivity index (χ2n) is 4.72. The maximum absolute atomic E-state index is 6.10. The van der Waals surface area contributed by atoms with Gasteiger partial charge in [0.1, 0.15) is 0 Å². The van der Waals surface area contributed by atoms with Crippen molar-refractivity contribution in [2.45, 2.75) is 13.5 Å². The van der Waals surface area contributed by atoms with Gasteiger partial charge in [0.15, 0.2) is 0 Å². The van der Waals surface area contributed by atoms with E-state index in [0.29, 0.717) is 0 Å². The fourth-order valence-electron chi connectivity index (χ4n) is 2.57. The lowest BCUT2D eigenvalue weighted by atomic mass is 10.1. The number of nitrogens with zero attached hydrogens (tertiary/aromatic N) is 1. The van der Waals surface area contributed by atoms with Crippen LogP contribution in [0.5, 0.6) is 0 Å². The predicted octanol–water partition coefficient (Wildman–Crippen LogP) is 5.50. The minimum atomic E-state index is 0.771. The van der Waals surface area contributed by atoms with E-state index in [1.165, 1.54) is 17.0 Å². The first kappa shape index (κ1) is 13.0. The van der Waals surface area contributed by atoms with Crippen molar-refractivity contribution in [3.8, 4) is 22.5 Å². The molecule has 0 radical (unpaired) electrons. The monoisotopic (exact) mass is 281 g/mol. The van der Waals surface area contributed by atoms with Crippen LogP contribution in [0.3, 0.4) is 0 Å². The van der Waals surface area contributed by atoms with Gasteiger partial charge in [-0.15, -0.1) is 0 Å². The summed E-state index contributed by atoms with van der Waals surface area (Å²) in [7, 11) is 0. The Balaban J connectivity index is 2.13. The van der Waals surface area contributed by atoms with Gasteiger partial charge in [-0.1, -0.05) is 54.1 Å². The van der Waals surface area contributed by atoms with E-state index in [-0.39, 0.29) is 0 Å². The first-order valence-electron chi connectivity index (χ1n) is 6.80. The zero-order valence-corrected chi connectivity index (χ0v) is 12.1. The third-order valence-corrected chi connectivity index (χ3v) is 3.72. The third kappa shape index (κ3) is 2.37. The van der Waals surface area contributed by atoms with Crippen molar-refractivity contribution in [3.63, 3.8) is 0 Å². The van der Waals surface area contributed by atoms with Crippen molar-refractivity contribution in [1.82, 2.24) is 4.57 Å². The lowest BCUT2D eigenvalue weighted by Crippen LogP contribution is -1.99. The minimum absolute atomic E-state index is 0.771. The fourth-order valence-corrected chi connectivity index (χ4v) is 2.76. The van der Waals surface area contributed by atoms with Crippen LogP contribution in [-0.4, -0.2) is 4.57 Å². The van der Waals surface area contributed by atoms with E-state index in [1.54, 1.807) is 0 Å². The van der Waals surface area contributed by atoms with Crippen molar-refractivity contribution in [2.24, 2.45) is 0 Å². The van der Waals surface area contributed by atoms with Crippen molar-refractivity contribution in [1.29, 1.82) is 0 Å². The molecule has 0 fully saturated rings. The van der Waals surface area contributed by atoms with Gasteiger partial charge in [0.05, 0.1) is 0 Å². The molecule has 0 bridgehead atoms. The predicted molar refractivity (Wildman–Crippen MR) is 86.0 cm³/mol. The standard InChI is InChI=1S/C18H16ClN/c1-2-20-17(14-7-4-3-5-8-14)11-12-18(20)15-9-6-10-16(19)13-15/h3-13H,2H2,1H3. The van der Waals surface area contributed by atoms with Crippen molar-refractivity contribution < 1.29 is 0 Å². The Morgan fingerprint density at radius 2 is 1.45 bits per heavy atom. The number of hydrogen-bond acceptors (Lipinski definition) is 0. The molecule has 0 amide bonds. The van der Waals surface area contributed by atoms with Gasteiger partial charge in [0.2, 0.25) is 0 Å². The Morgan fingerprint density at radius 3 is 2.10 bits per heavy atom. The minimum Gasteiger partial charge on any atom is -0.341 e. The maximum Gasteiger partial charge on any atom is 0.0485 e. The zero-order valence-electron chi connectivity index (χ0n) is 11.4. The normalized spacial score (nSPS) is 10.7. The van der Waals surface area contributed by atoms with Gasteiger partial charge in [0.25, 0.3) is 0 Å². The molecule has 20 heavy (non-hydrogen) atoms. The lowest BCUT2D eigenvalue weighted by molar-refractivity contribution is 0.785. The molecule has 0 N–H and O–H groups in total. The highest BCUT2D eigenvalue weighted by Gasteiger charge is 2.10. The molecule has 0 saturated heterocycles. The molecular weight excluding hydrogens is 266 g/mol. The summed E-state index contributed by atoms with van der Waals surface area (Å²) in [6.07, 6.45) is 0. The molecule has 0 aliphatic heterocycles. The molecule has 0 saturated carbocycles. The van der Waals surface area contributed by atoms with Gasteiger partial charge in [-0.25, -0.2) is 0 Å². The average molecular weight is 282 g/mol. The molecule has 1 nitrogen and oxygen atoms in total. The van der Waals surface area contributed by atoms with E-state index in [4.69, 9.17) is 11.6 Å². The van der Waals surface area contributed by atoms with Crippen LogP contribution in [0, 0.1) is 0 Å². The number of aromatic nitrogens is 1. The average Bonchev–Trinajstić information content (AvgIpc) is 2.92. The summed E-state index contributed by atoms with van der Waals surface area (Å²) >= 11 is 6.10. The van der Waals surface area contributed by atoms with E-state index in [1.807, 2.05) is 24.3 Å². The number of benzene rings is 2. The van der Waals surface area contributed by atoms with Gasteiger partial charge in [0, 0.05) is 23.0 Å². The number of halogens is 1. The highest BCUT2D eigenvalue weighted by atomic mass is 35.5. The SMILES string of the molecule is CCn1c(-c2ccccc2)ccc1-c1cccc(Cl)c1. The molecule has 2 heteroatoms. The summed E-state index contributed by atoms with van der Waals surface area (Å²) in [5.74, 6) is 0. The summed E-state index contributed by atoms with van der Waals surface area (Å²) in [6, 6.07) is 22.8. The maximum atomic E-state index is 6.10. The topological polar surface area (TPSA) is 4.93 Å². The molecule has 0 aliphatic carbocycles. The molecule has 3 aromatic rings. The smallest absolute Gasteiger partial charge is 0.0485 e. The van der Waals surface area contributed by atoms with Crippen LogP contribution in [-0.2, 0) is 6.54 Å². The quantitative estimate of drug-likeness (QED) is 0.598. The fraction of sp³-hybridized carbons (Fsp3) is 0.111. The van der Waals surface area contributed by atoms with Crippen molar-refractivity contribution in [2.75, 3.05) is 0 Å². The summed E-state index contributed by atoms with van der Waals surface area (Å²) < 4.78 is 2.32. The van der Waals surface area contributed by atoms with Crippen LogP contribution in [0.15, 0.2) is 66.7 Å². The van der Waals surface area contributed by atoms with E-state index < -0.39 is 0 Å². The summed E-state index contributed by atoms with van der Waals surface area (Å²) in [6.45, 7) is 3.10. The second kappa shape index (κ2) is 5.56. The van der Waals surface area contributed by atoms with Crippen LogP contribution in [0.1, 0.15) is 6.92 Å². The Bertz CT molecular complexity index is 713. The van der Waals surface area contributed by atoms with Crippen LogP contribution >= 0.6 is 11.6 Å². The molecule has 1 heterocycles. The van der Waals surface area contributed by atoms with E-state index in [9.17, 15) is 0 Å². The molecule has 0 unspecified atom stereocenters. The van der Waals surface area contributed by atoms with E-state index in [0.717, 1.165) is 17.1 Å². The molecule has 0 spiro atoms. The zero-order chi connectivity index (χ0) is 13.9. The van der Waals surface area contributed by atoms with Gasteiger partial charge in [-0.05, 0) is 42.3 Å². The second-order valence-corrected chi connectivity index (χ2v) is 5.16. The highest BCUT2D eigenvalue weighted by molar-refractivity contribution is 6.30. The summed E-state index contributed by atoms with van der Waals surface area (Å²) in [5.41, 5.74) is 4.83. The third-order valence-electron chi connectivity index (χ3n) is 3.49. The van der Waals surface area contributed by atoms with Crippen LogP contribution < -0.4 is 0 Å². The first-order valence-corrected chi connectivity index (χ1v) is 7.18. The molecule has 0 aliphatic rings. The largest absolute Gasteiger partial charge is 0.341 e. The molecule has 1 aromatic heterocycles. The Kier molecular flexibility index (Phi) is 3.62. The molecule has 3 rings (SSSR count). The Morgan fingerprint density at radius 1 is 0.800 bits per heavy atom. The Hall–Kier alpha value is -1.99. The summed E-state index contributed by atoms with van der Waals surface area (Å²) in [5, 5.41) is 0.771. The van der Waals surface area contributed by atoms with Gasteiger partial charge >= 0.3 is 0 Å². The molecule has 2 aromatic carbocycles. The van der Waals surface area contributed by atoms with Crippen molar-refractivity contribution >= 4 is 11.6 Å². The Labute approximate surface area is 124 Å². The van der Waals surface area contributed by atoms with Gasteiger partial charge in [-0.3, -0.25) is 0 Å². The number of hydrogen-bond donors (Lipinski definition) is 0. The van der Waals surface area contributed by atoms with E-state index in [2.05, 4.69) is 54.0 Å². The molecule has 100 valence electrons. The lowest BCUT2D eigenvalue weighted by Gasteiger charge is -2.12. The van der Waals surface area contributed by atoms with E-state index >= 15 is 0 Å². The van der Waals surface area contributed by atoms with Gasteiger partial charge < -0.3 is 4.57 Å². The molecule has 0 atom stereocenters. The van der Waals surface area contributed by atoms with Gasteiger partial charge in [-0.2, -0.15) is 0 Å². The highest BCUT2D eigenvalue weighted by Crippen LogP contribution is 2.30. The first-order chi connectivity index (χ1) is 9.79. The van der Waals surface area contributed by atoms with Crippen LogP contribution in [0.4, 0.5) is 0 Å². The van der Waals surface area contributed by atoms with Crippen LogP contribution in [0.2, 0.25) is 5.02 Å². The molecular formula is C18H16ClN. The summed E-state index contributed by atoms with van der Waals surface area (Å²) in [4.78, 5) is 0. The van der Waals surface area contributed by atoms with Crippen molar-refractivity contribution in [3.05, 3.63) is 71.8 Å². The number of rotatable bonds is 3. The van der Waals surface area contributed by atoms with Crippen LogP contribution in [0.25, 0.3) is 22.5 Å².